The van der Waals surface area contributed by atoms with Gasteiger partial charge in [0.15, 0.2) is 0 Å². The minimum atomic E-state index is 0. The molecule has 0 radical (unpaired) electrons. The first-order valence-electron chi connectivity index (χ1n) is 8.78. The van der Waals surface area contributed by atoms with Gasteiger partial charge in [0.05, 0.1) is 10.9 Å². The first-order chi connectivity index (χ1) is 12.7. The summed E-state index contributed by atoms with van der Waals surface area (Å²) in [5.74, 6) is 0. The van der Waals surface area contributed by atoms with Crippen LogP contribution in [0, 0.1) is 0 Å². The molecule has 4 nitrogen and oxygen atoms in total. The van der Waals surface area contributed by atoms with Crippen LogP contribution in [0.5, 0.6) is 0 Å². The zero-order valence-corrected chi connectivity index (χ0v) is 17.5. The quantitative estimate of drug-likeness (QED) is 0.616. The fourth-order valence-electron chi connectivity index (χ4n) is 3.43. The van der Waals surface area contributed by atoms with Crippen molar-refractivity contribution in [2.45, 2.75) is 6.04 Å². The predicted molar refractivity (Wildman–Crippen MR) is 115 cm³/mol. The summed E-state index contributed by atoms with van der Waals surface area (Å²) >= 11 is 7.63. The van der Waals surface area contributed by atoms with Crippen LogP contribution in [0.1, 0.15) is 16.5 Å². The van der Waals surface area contributed by atoms with E-state index < -0.39 is 0 Å². The second-order valence-electron chi connectivity index (χ2n) is 6.65. The maximum Gasteiger partial charge on any atom is 0.111 e. The molecule has 0 spiro atoms. The average molecular weight is 421 g/mol. The van der Waals surface area contributed by atoms with Crippen molar-refractivity contribution in [3.63, 3.8) is 0 Å². The lowest BCUT2D eigenvalue weighted by molar-refractivity contribution is 0.128. The standard InChI is InChI=1S/C20H21ClN4S.ClH/c1-24-11-13-25(14-12-24)19(16-7-9-17(21)10-8-16)20-18(22-23-26-20)15-5-3-2-4-6-15;/h2-10,19H,11-14H2,1H3;1H. The van der Waals surface area contributed by atoms with Crippen LogP contribution in [0.25, 0.3) is 11.3 Å². The van der Waals surface area contributed by atoms with Crippen LogP contribution in [0.2, 0.25) is 5.02 Å². The molecule has 0 N–H and O–H groups in total. The van der Waals surface area contributed by atoms with Crippen molar-refractivity contribution >= 4 is 35.5 Å². The van der Waals surface area contributed by atoms with Crippen LogP contribution >= 0.6 is 35.5 Å². The van der Waals surface area contributed by atoms with Crippen LogP contribution in [-0.4, -0.2) is 52.6 Å². The molecule has 142 valence electrons. The molecular formula is C20H22Cl2N4S. The summed E-state index contributed by atoms with van der Waals surface area (Å²) in [6, 6.07) is 18.7. The van der Waals surface area contributed by atoms with Crippen molar-refractivity contribution in [3.05, 3.63) is 70.1 Å². The van der Waals surface area contributed by atoms with Crippen molar-refractivity contribution in [3.8, 4) is 11.3 Å². The van der Waals surface area contributed by atoms with Crippen molar-refractivity contribution in [2.75, 3.05) is 33.2 Å². The number of halogens is 2. The van der Waals surface area contributed by atoms with Crippen LogP contribution in [0.4, 0.5) is 0 Å². The first kappa shape index (κ1) is 20.2. The van der Waals surface area contributed by atoms with Gasteiger partial charge in [-0.2, -0.15) is 0 Å². The number of nitrogens with zero attached hydrogens (tertiary/aromatic N) is 4. The van der Waals surface area contributed by atoms with Crippen LogP contribution in [0.15, 0.2) is 54.6 Å². The van der Waals surface area contributed by atoms with Crippen molar-refractivity contribution in [1.29, 1.82) is 0 Å². The van der Waals surface area contributed by atoms with Crippen LogP contribution in [0.3, 0.4) is 0 Å². The third-order valence-electron chi connectivity index (χ3n) is 4.90. The molecule has 27 heavy (non-hydrogen) atoms. The Balaban J connectivity index is 0.00000210. The third-order valence-corrected chi connectivity index (χ3v) is 5.93. The Labute approximate surface area is 175 Å². The number of benzene rings is 2. The van der Waals surface area contributed by atoms with E-state index in [2.05, 4.69) is 50.7 Å². The Kier molecular flexibility index (Phi) is 6.84. The molecule has 0 aliphatic carbocycles. The number of rotatable bonds is 4. The lowest BCUT2D eigenvalue weighted by Gasteiger charge is -2.38. The molecule has 1 fully saturated rings. The number of likely N-dealkylation sites (N-methyl/N-ethyl adjacent to an activating group) is 1. The van der Waals surface area contributed by atoms with Crippen LogP contribution in [-0.2, 0) is 0 Å². The van der Waals surface area contributed by atoms with Crippen molar-refractivity contribution < 1.29 is 0 Å². The summed E-state index contributed by atoms with van der Waals surface area (Å²) in [4.78, 5) is 6.10. The molecule has 1 unspecified atom stereocenters. The van der Waals surface area contributed by atoms with Gasteiger partial charge in [-0.3, -0.25) is 4.90 Å². The molecule has 7 heteroatoms. The highest BCUT2D eigenvalue weighted by Gasteiger charge is 2.29. The fraction of sp³-hybridized carbons (Fsp3) is 0.300. The van der Waals surface area contributed by atoms with E-state index in [9.17, 15) is 0 Å². The minimum absolute atomic E-state index is 0. The Morgan fingerprint density at radius 1 is 0.963 bits per heavy atom. The topological polar surface area (TPSA) is 32.3 Å². The molecule has 1 saturated heterocycles. The predicted octanol–water partition coefficient (Wildman–Crippen LogP) is 4.62. The maximum atomic E-state index is 6.13. The Morgan fingerprint density at radius 2 is 1.63 bits per heavy atom. The molecule has 2 aromatic carbocycles. The van der Waals surface area contributed by atoms with Gasteiger partial charge in [-0.05, 0) is 36.3 Å². The van der Waals surface area contributed by atoms with Gasteiger partial charge >= 0.3 is 0 Å². The molecule has 0 amide bonds. The number of aromatic nitrogens is 2. The molecule has 1 aliphatic heterocycles. The summed E-state index contributed by atoms with van der Waals surface area (Å²) in [5.41, 5.74) is 3.33. The van der Waals surface area contributed by atoms with Crippen molar-refractivity contribution in [1.82, 2.24) is 19.4 Å². The van der Waals surface area contributed by atoms with E-state index in [0.29, 0.717) is 0 Å². The molecule has 1 atom stereocenters. The Bertz CT molecular complexity index is 846. The SMILES string of the molecule is CN1CCN(C(c2ccc(Cl)cc2)c2snnc2-c2ccccc2)CC1.Cl. The third kappa shape index (κ3) is 4.50. The summed E-state index contributed by atoms with van der Waals surface area (Å²) < 4.78 is 4.30. The van der Waals surface area contributed by atoms with E-state index in [1.54, 1.807) is 0 Å². The van der Waals surface area contributed by atoms with E-state index in [1.807, 2.05) is 30.3 Å². The smallest absolute Gasteiger partial charge is 0.111 e. The van der Waals surface area contributed by atoms with E-state index >= 15 is 0 Å². The second-order valence-corrected chi connectivity index (χ2v) is 7.87. The molecule has 0 saturated carbocycles. The maximum absolute atomic E-state index is 6.13. The van der Waals surface area contributed by atoms with E-state index in [1.165, 1.54) is 22.0 Å². The molecule has 0 bridgehead atoms. The molecule has 1 aromatic heterocycles. The van der Waals surface area contributed by atoms with E-state index in [0.717, 1.165) is 42.5 Å². The lowest BCUT2D eigenvalue weighted by Crippen LogP contribution is -2.46. The molecular weight excluding hydrogens is 399 g/mol. The summed E-state index contributed by atoms with van der Waals surface area (Å²) in [5, 5.41) is 5.23. The van der Waals surface area contributed by atoms with Gasteiger partial charge in [0.2, 0.25) is 0 Å². The van der Waals surface area contributed by atoms with E-state index in [-0.39, 0.29) is 18.4 Å². The summed E-state index contributed by atoms with van der Waals surface area (Å²) in [6.45, 7) is 4.18. The van der Waals surface area contributed by atoms with Gasteiger partial charge in [0.1, 0.15) is 5.69 Å². The Morgan fingerprint density at radius 3 is 2.30 bits per heavy atom. The minimum Gasteiger partial charge on any atom is -0.304 e. The van der Waals surface area contributed by atoms with Crippen LogP contribution < -0.4 is 0 Å². The Hall–Kier alpha value is -1.50. The monoisotopic (exact) mass is 420 g/mol. The number of hydrogen-bond acceptors (Lipinski definition) is 5. The highest BCUT2D eigenvalue weighted by Crippen LogP contribution is 2.37. The largest absolute Gasteiger partial charge is 0.304 e. The summed E-state index contributed by atoms with van der Waals surface area (Å²) in [6.07, 6.45) is 0. The van der Waals surface area contributed by atoms with Crippen molar-refractivity contribution in [2.24, 2.45) is 0 Å². The van der Waals surface area contributed by atoms with Gasteiger partial charge in [0, 0.05) is 36.8 Å². The fourth-order valence-corrected chi connectivity index (χ4v) is 4.39. The second kappa shape index (κ2) is 9.13. The zero-order valence-electron chi connectivity index (χ0n) is 15.1. The highest BCUT2D eigenvalue weighted by atomic mass is 35.5. The molecule has 2 heterocycles. The van der Waals surface area contributed by atoms with Gasteiger partial charge in [0.25, 0.3) is 0 Å². The van der Waals surface area contributed by atoms with E-state index in [4.69, 9.17) is 11.6 Å². The number of piperazine rings is 1. The highest BCUT2D eigenvalue weighted by molar-refractivity contribution is 7.06. The van der Waals surface area contributed by atoms with Gasteiger partial charge < -0.3 is 4.90 Å². The summed E-state index contributed by atoms with van der Waals surface area (Å²) in [7, 11) is 2.18. The van der Waals surface area contributed by atoms with Gasteiger partial charge in [-0.25, -0.2) is 0 Å². The van der Waals surface area contributed by atoms with Gasteiger partial charge in [-0.1, -0.05) is 58.6 Å². The lowest BCUT2D eigenvalue weighted by atomic mass is 9.99. The molecule has 1 aliphatic rings. The average Bonchev–Trinajstić information content (AvgIpc) is 3.15. The number of hydrogen-bond donors (Lipinski definition) is 0. The normalized spacial score (nSPS) is 16.7. The van der Waals surface area contributed by atoms with Gasteiger partial charge in [-0.15, -0.1) is 17.5 Å². The molecule has 3 aromatic rings. The molecule has 4 rings (SSSR count). The zero-order chi connectivity index (χ0) is 17.9. The first-order valence-corrected chi connectivity index (χ1v) is 9.93.